The minimum atomic E-state index is -2.35. The zero-order valence-electron chi connectivity index (χ0n) is 23.5. The second-order valence-corrected chi connectivity index (χ2v) is 16.2. The smallest absolute Gasteiger partial charge is 0.194 e. The van der Waals surface area contributed by atoms with Crippen LogP contribution in [-0.4, -0.2) is 44.6 Å². The van der Waals surface area contributed by atoms with Crippen LogP contribution in [0.15, 0.2) is 36.4 Å². The number of benzene rings is 3. The maximum atomic E-state index is 14.0. The minimum absolute atomic E-state index is 0.0863. The molecule has 0 spiro atoms. The number of fused-ring (bicyclic) bond motifs is 2. The van der Waals surface area contributed by atoms with Crippen LogP contribution in [0.1, 0.15) is 60.3 Å². The van der Waals surface area contributed by atoms with Crippen molar-refractivity contribution < 1.29 is 33.6 Å². The zero-order chi connectivity index (χ0) is 28.0. The van der Waals surface area contributed by atoms with Crippen LogP contribution < -0.4 is 9.47 Å². The first-order chi connectivity index (χ1) is 17.8. The van der Waals surface area contributed by atoms with Crippen molar-refractivity contribution in [2.75, 3.05) is 14.2 Å². The lowest BCUT2D eigenvalue weighted by Gasteiger charge is -2.41. The molecular formula is C30H38O7Si. The van der Waals surface area contributed by atoms with Gasteiger partial charge in [-0.3, -0.25) is 4.79 Å². The molecule has 0 radical (unpaired) electrons. The van der Waals surface area contributed by atoms with Crippen LogP contribution in [0, 0.1) is 6.92 Å². The third kappa shape index (κ3) is 5.00. The van der Waals surface area contributed by atoms with E-state index in [1.165, 1.54) is 7.11 Å². The standard InChI is InChI=1S/C30H38O7Si/c1-17-13-20-24(21(31)14-17)28(33)26-25(29(20)35-6)22(36-16-18-9-11-19(34-5)12-10-18)15-23(27(26)32)37-38(7,8)30(2,3)4/h9-14,22-23,31,33H,15-16H2,1-8H3/t22-,23-/m0/s1. The predicted molar refractivity (Wildman–Crippen MR) is 150 cm³/mol. The van der Waals surface area contributed by atoms with Gasteiger partial charge in [0.25, 0.3) is 0 Å². The fourth-order valence-corrected chi connectivity index (χ4v) is 6.04. The molecule has 3 aromatic carbocycles. The largest absolute Gasteiger partial charge is 0.507 e. The molecule has 0 amide bonds. The number of hydrogen-bond donors (Lipinski definition) is 2. The van der Waals surface area contributed by atoms with Crippen LogP contribution in [0.2, 0.25) is 18.1 Å². The summed E-state index contributed by atoms with van der Waals surface area (Å²) in [5, 5.41) is 22.8. The van der Waals surface area contributed by atoms with E-state index in [2.05, 4.69) is 33.9 Å². The number of rotatable bonds is 7. The highest BCUT2D eigenvalue weighted by molar-refractivity contribution is 6.74. The second-order valence-electron chi connectivity index (χ2n) is 11.5. The van der Waals surface area contributed by atoms with Gasteiger partial charge in [0.15, 0.2) is 14.1 Å². The van der Waals surface area contributed by atoms with Crippen molar-refractivity contribution in [3.63, 3.8) is 0 Å². The number of aromatic hydroxyl groups is 2. The number of ether oxygens (including phenoxy) is 3. The van der Waals surface area contributed by atoms with Crippen molar-refractivity contribution in [2.45, 2.75) is 71.1 Å². The molecule has 4 rings (SSSR count). The maximum absolute atomic E-state index is 14.0. The van der Waals surface area contributed by atoms with Crippen LogP contribution >= 0.6 is 0 Å². The summed E-state index contributed by atoms with van der Waals surface area (Å²) in [6.07, 6.45) is -1.11. The van der Waals surface area contributed by atoms with Crippen molar-refractivity contribution in [1.82, 2.24) is 0 Å². The first-order valence-corrected chi connectivity index (χ1v) is 15.7. The SMILES string of the molecule is COc1ccc(CO[C@H]2C[C@H](O[Si](C)(C)C(C)(C)C)C(=O)c3c2c(OC)c2cc(C)cc(O)c2c3O)cc1. The van der Waals surface area contributed by atoms with Gasteiger partial charge in [0, 0.05) is 17.4 Å². The Bertz CT molecular complexity index is 1360. The highest BCUT2D eigenvalue weighted by atomic mass is 28.4. The predicted octanol–water partition coefficient (Wildman–Crippen LogP) is 6.81. The molecule has 0 heterocycles. The van der Waals surface area contributed by atoms with Crippen molar-refractivity contribution in [1.29, 1.82) is 0 Å². The van der Waals surface area contributed by atoms with Crippen molar-refractivity contribution in [3.8, 4) is 23.0 Å². The van der Waals surface area contributed by atoms with Crippen LogP contribution in [-0.2, 0) is 15.8 Å². The highest BCUT2D eigenvalue weighted by Gasteiger charge is 2.46. The minimum Gasteiger partial charge on any atom is -0.507 e. The van der Waals surface area contributed by atoms with Crippen LogP contribution in [0.25, 0.3) is 10.8 Å². The fourth-order valence-electron chi connectivity index (χ4n) is 4.77. The number of Topliss-reactive ketones (excluding diaryl/α,β-unsaturated/α-hetero) is 1. The quantitative estimate of drug-likeness (QED) is 0.319. The number of phenolic OH excluding ortho intramolecular Hbond substituents is 2. The molecule has 204 valence electrons. The number of carbonyl (C=O) groups is 1. The molecule has 8 heteroatoms. The van der Waals surface area contributed by atoms with Gasteiger partial charge in [-0.05, 0) is 60.4 Å². The van der Waals surface area contributed by atoms with Crippen molar-refractivity contribution >= 4 is 24.9 Å². The average molecular weight is 539 g/mol. The average Bonchev–Trinajstić information content (AvgIpc) is 2.84. The van der Waals surface area contributed by atoms with Crippen LogP contribution in [0.4, 0.5) is 0 Å². The highest BCUT2D eigenvalue weighted by Crippen LogP contribution is 2.52. The van der Waals surface area contributed by atoms with Gasteiger partial charge in [-0.2, -0.15) is 0 Å². The normalized spacial score (nSPS) is 17.9. The zero-order valence-corrected chi connectivity index (χ0v) is 24.5. The lowest BCUT2D eigenvalue weighted by Crippen LogP contribution is -2.47. The van der Waals surface area contributed by atoms with Gasteiger partial charge in [-0.1, -0.05) is 32.9 Å². The Morgan fingerprint density at radius 3 is 2.24 bits per heavy atom. The summed E-state index contributed by atoms with van der Waals surface area (Å²) in [5.41, 5.74) is 2.30. The van der Waals surface area contributed by atoms with Gasteiger partial charge < -0.3 is 28.8 Å². The molecular weight excluding hydrogens is 500 g/mol. The number of ketones is 1. The van der Waals surface area contributed by atoms with Gasteiger partial charge in [0.2, 0.25) is 0 Å². The summed E-state index contributed by atoms with van der Waals surface area (Å²) in [7, 11) is 0.794. The van der Waals surface area contributed by atoms with E-state index in [1.54, 1.807) is 13.2 Å². The molecule has 0 unspecified atom stereocenters. The molecule has 0 fully saturated rings. The molecule has 7 nitrogen and oxygen atoms in total. The Labute approximate surface area is 225 Å². The summed E-state index contributed by atoms with van der Waals surface area (Å²) >= 11 is 0. The summed E-state index contributed by atoms with van der Waals surface area (Å²) in [4.78, 5) is 14.0. The summed E-state index contributed by atoms with van der Waals surface area (Å²) in [6.45, 7) is 12.7. The van der Waals surface area contributed by atoms with Crippen molar-refractivity contribution in [3.05, 3.63) is 58.7 Å². The number of carbonyl (C=O) groups excluding carboxylic acids is 1. The first kappa shape index (κ1) is 27.9. The van der Waals surface area contributed by atoms with Gasteiger partial charge in [-0.25, -0.2) is 0 Å². The third-order valence-corrected chi connectivity index (χ3v) is 12.3. The molecule has 2 atom stereocenters. The molecule has 0 aliphatic heterocycles. The van der Waals surface area contributed by atoms with E-state index < -0.39 is 20.5 Å². The molecule has 3 aromatic rings. The molecule has 2 N–H and O–H groups in total. The molecule has 0 saturated carbocycles. The van der Waals surface area contributed by atoms with E-state index in [-0.39, 0.29) is 46.3 Å². The summed E-state index contributed by atoms with van der Waals surface area (Å²) in [6, 6.07) is 11.0. The Balaban J connectivity index is 1.86. The molecule has 38 heavy (non-hydrogen) atoms. The van der Waals surface area contributed by atoms with Gasteiger partial charge in [0.05, 0.1) is 37.9 Å². The Hall–Kier alpha value is -3.07. The monoisotopic (exact) mass is 538 g/mol. The van der Waals surface area contributed by atoms with Crippen molar-refractivity contribution in [2.24, 2.45) is 0 Å². The Kier molecular flexibility index (Phi) is 7.53. The molecule has 0 saturated heterocycles. The van der Waals surface area contributed by atoms with Crippen LogP contribution in [0.3, 0.4) is 0 Å². The van der Waals surface area contributed by atoms with E-state index >= 15 is 0 Å². The number of phenols is 2. The lowest BCUT2D eigenvalue weighted by molar-refractivity contribution is -0.000517. The van der Waals surface area contributed by atoms with E-state index in [9.17, 15) is 15.0 Å². The number of methoxy groups -OCH3 is 2. The fraction of sp³-hybridized carbons (Fsp3) is 0.433. The number of hydrogen-bond acceptors (Lipinski definition) is 7. The van der Waals surface area contributed by atoms with E-state index in [4.69, 9.17) is 18.6 Å². The Morgan fingerprint density at radius 1 is 1.00 bits per heavy atom. The van der Waals surface area contributed by atoms with Crippen LogP contribution in [0.5, 0.6) is 23.0 Å². The third-order valence-electron chi connectivity index (χ3n) is 7.84. The summed E-state index contributed by atoms with van der Waals surface area (Å²) < 4.78 is 24.1. The summed E-state index contributed by atoms with van der Waals surface area (Å²) in [5.74, 6) is 0.435. The van der Waals surface area contributed by atoms with E-state index in [0.717, 1.165) is 16.9 Å². The molecule has 1 aliphatic carbocycles. The molecule has 0 bridgehead atoms. The first-order valence-electron chi connectivity index (χ1n) is 12.8. The second kappa shape index (κ2) is 10.2. The Morgan fingerprint density at radius 2 is 1.66 bits per heavy atom. The van der Waals surface area contributed by atoms with E-state index in [1.807, 2.05) is 37.3 Å². The van der Waals surface area contributed by atoms with Gasteiger partial charge in [-0.15, -0.1) is 0 Å². The topological polar surface area (TPSA) is 94.5 Å². The number of aryl methyl sites for hydroxylation is 1. The van der Waals surface area contributed by atoms with E-state index in [0.29, 0.717) is 16.7 Å². The van der Waals surface area contributed by atoms with Gasteiger partial charge >= 0.3 is 0 Å². The molecule has 1 aliphatic rings. The molecule has 0 aromatic heterocycles. The van der Waals surface area contributed by atoms with Gasteiger partial charge in [0.1, 0.15) is 29.1 Å². The maximum Gasteiger partial charge on any atom is 0.194 e. The lowest BCUT2D eigenvalue weighted by atomic mass is 9.82.